The van der Waals surface area contributed by atoms with Crippen LogP contribution in [0.25, 0.3) is 0 Å². The highest BCUT2D eigenvalue weighted by molar-refractivity contribution is 7.14. The average Bonchev–Trinajstić information content (AvgIpc) is 2.99. The zero-order chi connectivity index (χ0) is 17.9. The van der Waals surface area contributed by atoms with Crippen LogP contribution in [0.2, 0.25) is 10.0 Å². The van der Waals surface area contributed by atoms with E-state index in [1.165, 1.54) is 18.2 Å². The van der Waals surface area contributed by atoms with Crippen LogP contribution in [0.3, 0.4) is 0 Å². The van der Waals surface area contributed by atoms with E-state index in [-0.39, 0.29) is 20.7 Å². The van der Waals surface area contributed by atoms with Crippen molar-refractivity contribution in [1.29, 1.82) is 5.26 Å². The first-order valence-electron chi connectivity index (χ1n) is 6.13. The molecule has 0 aliphatic rings. The predicted molar refractivity (Wildman–Crippen MR) is 87.2 cm³/mol. The van der Waals surface area contributed by atoms with E-state index in [2.05, 4.69) is 10.3 Å². The van der Waals surface area contributed by atoms with Crippen LogP contribution in [0.5, 0.6) is 0 Å². The van der Waals surface area contributed by atoms with Crippen LogP contribution in [0.15, 0.2) is 23.6 Å². The molecule has 0 spiro atoms. The first-order chi connectivity index (χ1) is 11.3. The third kappa shape index (κ3) is 3.68. The third-order valence-corrected chi connectivity index (χ3v) is 4.21. The number of halogens is 2. The average molecular weight is 385 g/mol. The van der Waals surface area contributed by atoms with Gasteiger partial charge < -0.3 is 10.1 Å². The standard InChI is InChI=1S/C13H6Cl2N4O4S/c14-7-2-1-3-8(15)10(7)6(4-16)11(20)12(21)18-13-17-9(5-24-13)19(22)23/h1-3,5-6H,(H,17,18,21)/t6-/m1/s1. The highest BCUT2D eigenvalue weighted by atomic mass is 35.5. The summed E-state index contributed by atoms with van der Waals surface area (Å²) in [5.74, 6) is -4.23. The second-order valence-electron chi connectivity index (χ2n) is 4.28. The van der Waals surface area contributed by atoms with Gasteiger partial charge in [-0.05, 0) is 22.0 Å². The fourth-order valence-corrected chi connectivity index (χ4v) is 3.01. The lowest BCUT2D eigenvalue weighted by Crippen LogP contribution is -2.28. The summed E-state index contributed by atoms with van der Waals surface area (Å²) in [6, 6.07) is 6.08. The molecule has 0 aliphatic carbocycles. The Morgan fingerprint density at radius 2 is 2.00 bits per heavy atom. The number of hydrogen-bond acceptors (Lipinski definition) is 7. The van der Waals surface area contributed by atoms with Crippen LogP contribution >= 0.6 is 34.5 Å². The highest BCUT2D eigenvalue weighted by Gasteiger charge is 2.31. The monoisotopic (exact) mass is 384 g/mol. The minimum Gasteiger partial charge on any atom is -0.358 e. The molecule has 11 heteroatoms. The molecule has 0 saturated heterocycles. The molecular formula is C13H6Cl2N4O4S. The molecule has 1 heterocycles. The van der Waals surface area contributed by atoms with Gasteiger partial charge in [0.15, 0.2) is 0 Å². The fourth-order valence-electron chi connectivity index (χ4n) is 1.74. The van der Waals surface area contributed by atoms with Crippen LogP contribution < -0.4 is 5.32 Å². The number of nitro groups is 1. The van der Waals surface area contributed by atoms with E-state index in [0.717, 1.165) is 16.7 Å². The summed E-state index contributed by atoms with van der Waals surface area (Å²) in [4.78, 5) is 37.5. The Kier molecular flexibility index (Phi) is 5.46. The number of carbonyl (C=O) groups is 2. The topological polar surface area (TPSA) is 126 Å². The van der Waals surface area contributed by atoms with Crippen molar-refractivity contribution < 1.29 is 14.5 Å². The van der Waals surface area contributed by atoms with E-state index in [9.17, 15) is 25.0 Å². The Balaban J connectivity index is 2.23. The molecular weight excluding hydrogens is 379 g/mol. The van der Waals surface area contributed by atoms with Gasteiger partial charge in [-0.25, -0.2) is 0 Å². The number of rotatable bonds is 5. The number of amides is 1. The van der Waals surface area contributed by atoms with Crippen molar-refractivity contribution in [3.63, 3.8) is 0 Å². The van der Waals surface area contributed by atoms with E-state index in [1.807, 2.05) is 0 Å². The largest absolute Gasteiger partial charge is 0.376 e. The Labute approximate surface area is 148 Å². The van der Waals surface area contributed by atoms with E-state index >= 15 is 0 Å². The van der Waals surface area contributed by atoms with Crippen molar-refractivity contribution in [1.82, 2.24) is 4.98 Å². The number of aromatic nitrogens is 1. The Hall–Kier alpha value is -2.54. The first kappa shape index (κ1) is 17.8. The quantitative estimate of drug-likeness (QED) is 0.479. The summed E-state index contributed by atoms with van der Waals surface area (Å²) < 4.78 is 0. The van der Waals surface area contributed by atoms with Crippen LogP contribution in [-0.2, 0) is 9.59 Å². The molecule has 2 aromatic rings. The van der Waals surface area contributed by atoms with E-state index in [0.29, 0.717) is 0 Å². The zero-order valence-corrected chi connectivity index (χ0v) is 13.9. The molecule has 1 atom stereocenters. The van der Waals surface area contributed by atoms with Gasteiger partial charge in [-0.15, -0.1) is 0 Å². The normalized spacial score (nSPS) is 11.4. The highest BCUT2D eigenvalue weighted by Crippen LogP contribution is 2.32. The Morgan fingerprint density at radius 1 is 1.38 bits per heavy atom. The number of nitrogens with zero attached hydrogens (tertiary/aromatic N) is 3. The van der Waals surface area contributed by atoms with Gasteiger partial charge in [0.25, 0.3) is 5.91 Å². The smallest absolute Gasteiger partial charge is 0.358 e. The number of thiazole rings is 1. The molecule has 0 fully saturated rings. The molecule has 2 rings (SSSR count). The van der Waals surface area contributed by atoms with Crippen LogP contribution in [0.1, 0.15) is 11.5 Å². The molecule has 8 nitrogen and oxygen atoms in total. The summed E-state index contributed by atoms with van der Waals surface area (Å²) in [6.07, 6.45) is 0. The van der Waals surface area contributed by atoms with Gasteiger partial charge in [-0.3, -0.25) is 14.9 Å². The number of nitriles is 1. The van der Waals surface area contributed by atoms with Gasteiger partial charge in [0.05, 0.1) is 11.4 Å². The van der Waals surface area contributed by atoms with Gasteiger partial charge in [-0.1, -0.05) is 40.6 Å². The van der Waals surface area contributed by atoms with Gasteiger partial charge in [-0.2, -0.15) is 5.26 Å². The van der Waals surface area contributed by atoms with Crippen molar-refractivity contribution in [2.24, 2.45) is 0 Å². The van der Waals surface area contributed by atoms with E-state index in [4.69, 9.17) is 23.2 Å². The second-order valence-corrected chi connectivity index (χ2v) is 5.96. The molecule has 1 aromatic carbocycles. The summed E-state index contributed by atoms with van der Waals surface area (Å²) >= 11 is 12.7. The summed E-state index contributed by atoms with van der Waals surface area (Å²) in [5.41, 5.74) is 0.0219. The van der Waals surface area contributed by atoms with E-state index < -0.39 is 28.3 Å². The molecule has 0 aliphatic heterocycles. The van der Waals surface area contributed by atoms with Gasteiger partial charge in [0.1, 0.15) is 5.92 Å². The number of nitrogens with one attached hydrogen (secondary N) is 1. The van der Waals surface area contributed by atoms with Crippen LogP contribution in [0, 0.1) is 21.4 Å². The van der Waals surface area contributed by atoms with Crippen LogP contribution in [0.4, 0.5) is 10.9 Å². The molecule has 0 radical (unpaired) electrons. The van der Waals surface area contributed by atoms with Gasteiger partial charge >= 0.3 is 10.9 Å². The molecule has 1 N–H and O–H groups in total. The van der Waals surface area contributed by atoms with Crippen molar-refractivity contribution in [3.05, 3.63) is 49.3 Å². The molecule has 0 bridgehead atoms. The predicted octanol–water partition coefficient (Wildman–Crippen LogP) is 3.17. The van der Waals surface area contributed by atoms with Crippen molar-refractivity contribution in [2.75, 3.05) is 5.32 Å². The SMILES string of the molecule is N#C[C@@H](C(=O)C(=O)Nc1nc([N+](=O)[O-])cs1)c1c(Cl)cccc1Cl. The first-order valence-corrected chi connectivity index (χ1v) is 7.77. The molecule has 0 saturated carbocycles. The van der Waals surface area contributed by atoms with E-state index in [1.54, 1.807) is 6.07 Å². The summed E-state index contributed by atoms with van der Waals surface area (Å²) in [6.45, 7) is 0. The number of carbonyl (C=O) groups excluding carboxylic acids is 2. The van der Waals surface area contributed by atoms with Gasteiger partial charge in [0, 0.05) is 15.6 Å². The fraction of sp³-hybridized carbons (Fsp3) is 0.0769. The molecule has 0 unspecified atom stereocenters. The lowest BCUT2D eigenvalue weighted by Gasteiger charge is -2.11. The molecule has 122 valence electrons. The maximum absolute atomic E-state index is 12.2. The van der Waals surface area contributed by atoms with Crippen molar-refractivity contribution >= 4 is 57.2 Å². The van der Waals surface area contributed by atoms with Crippen molar-refractivity contribution in [3.8, 4) is 6.07 Å². The maximum atomic E-state index is 12.2. The van der Waals surface area contributed by atoms with Gasteiger partial charge in [0.2, 0.25) is 5.78 Å². The lowest BCUT2D eigenvalue weighted by molar-refractivity contribution is -0.389. The zero-order valence-electron chi connectivity index (χ0n) is 11.5. The summed E-state index contributed by atoms with van der Waals surface area (Å²) in [5, 5.41) is 23.0. The Morgan fingerprint density at radius 3 is 2.50 bits per heavy atom. The van der Waals surface area contributed by atoms with Crippen molar-refractivity contribution in [2.45, 2.75) is 5.92 Å². The number of ketones is 1. The number of anilines is 1. The maximum Gasteiger partial charge on any atom is 0.376 e. The third-order valence-electron chi connectivity index (χ3n) is 2.80. The lowest BCUT2D eigenvalue weighted by atomic mass is 9.95. The van der Waals surface area contributed by atoms with Crippen LogP contribution in [-0.4, -0.2) is 21.6 Å². The second kappa shape index (κ2) is 7.35. The number of Topliss-reactive ketones (excluding diaryl/α,β-unsaturated/α-hetero) is 1. The Bertz CT molecular complexity index is 857. The minimum atomic E-state index is -1.51. The minimum absolute atomic E-state index is 0.0219. The molecule has 1 amide bonds. The molecule has 1 aromatic heterocycles. The number of benzene rings is 1. The molecule has 24 heavy (non-hydrogen) atoms. The number of hydrogen-bond donors (Lipinski definition) is 1. The summed E-state index contributed by atoms with van der Waals surface area (Å²) in [7, 11) is 0.